The number of hydrogen-bond donors (Lipinski definition) is 2. The SMILES string of the molecule is CCc1[nH]c(C(=O)N2CCC3CN(c4nc5cc(C)nc(C(=O)O)c5s4)CC[C@H]32)nc1Cl. The van der Waals surface area contributed by atoms with Crippen LogP contribution in [0.15, 0.2) is 6.07 Å². The molecular formula is C21H23ClN6O3S. The van der Waals surface area contributed by atoms with Gasteiger partial charge in [0.05, 0.1) is 15.9 Å². The Hall–Kier alpha value is -2.72. The first-order valence-corrected chi connectivity index (χ1v) is 11.9. The first-order chi connectivity index (χ1) is 15.4. The number of carboxylic acids is 1. The monoisotopic (exact) mass is 474 g/mol. The number of carboxylic acid groups (broad SMARTS) is 1. The normalized spacial score (nSPS) is 20.7. The number of nitrogens with one attached hydrogen (secondary N) is 1. The average Bonchev–Trinajstić information content (AvgIpc) is 3.47. The standard InChI is InChI=1S/C21H23ClN6O3S/c1-3-12-17(22)26-18(24-12)19(29)28-7-4-11-9-27(6-5-14(11)28)21-25-13-8-10(2)23-15(20(30)31)16(13)32-21/h8,11,14H,3-7,9H2,1-2H3,(H,24,26)(H,30,31)/t11?,14-/m1/s1. The van der Waals surface area contributed by atoms with Gasteiger partial charge in [-0.2, -0.15) is 0 Å². The van der Waals surface area contributed by atoms with E-state index in [-0.39, 0.29) is 17.6 Å². The summed E-state index contributed by atoms with van der Waals surface area (Å²) in [5, 5.41) is 10.7. The number of halogens is 1. The van der Waals surface area contributed by atoms with Gasteiger partial charge in [0.25, 0.3) is 5.91 Å². The van der Waals surface area contributed by atoms with E-state index in [0.29, 0.717) is 45.8 Å². The molecule has 2 atom stereocenters. The van der Waals surface area contributed by atoms with Crippen molar-refractivity contribution in [1.29, 1.82) is 0 Å². The van der Waals surface area contributed by atoms with Gasteiger partial charge in [-0.05, 0) is 38.2 Å². The third kappa shape index (κ3) is 3.51. The number of carbonyl (C=O) groups is 2. The highest BCUT2D eigenvalue weighted by molar-refractivity contribution is 7.22. The highest BCUT2D eigenvalue weighted by Gasteiger charge is 2.42. The van der Waals surface area contributed by atoms with Gasteiger partial charge in [-0.3, -0.25) is 4.79 Å². The molecule has 0 aromatic carbocycles. The number of fused-ring (bicyclic) bond motifs is 2. The number of aryl methyl sites for hydroxylation is 2. The highest BCUT2D eigenvalue weighted by atomic mass is 35.5. The van der Waals surface area contributed by atoms with Crippen molar-refractivity contribution in [3.8, 4) is 0 Å². The number of carbonyl (C=O) groups excluding carboxylic acids is 1. The van der Waals surface area contributed by atoms with Crippen LogP contribution in [0.3, 0.4) is 0 Å². The number of hydrogen-bond acceptors (Lipinski definition) is 7. The number of likely N-dealkylation sites (tertiary alicyclic amines) is 1. The molecule has 0 saturated carbocycles. The Morgan fingerprint density at radius 1 is 1.28 bits per heavy atom. The molecule has 3 aromatic rings. The number of H-pyrrole nitrogens is 1. The Labute approximate surface area is 193 Å². The third-order valence-electron chi connectivity index (χ3n) is 6.34. The molecular weight excluding hydrogens is 452 g/mol. The van der Waals surface area contributed by atoms with Crippen LogP contribution in [0, 0.1) is 12.8 Å². The van der Waals surface area contributed by atoms with Crippen LogP contribution in [0.25, 0.3) is 10.2 Å². The van der Waals surface area contributed by atoms with Crippen molar-refractivity contribution < 1.29 is 14.7 Å². The van der Waals surface area contributed by atoms with Crippen molar-refractivity contribution in [3.05, 3.63) is 34.1 Å². The van der Waals surface area contributed by atoms with E-state index in [4.69, 9.17) is 16.6 Å². The second kappa shape index (κ2) is 8.00. The summed E-state index contributed by atoms with van der Waals surface area (Å²) in [4.78, 5) is 45.0. The van der Waals surface area contributed by atoms with Crippen molar-refractivity contribution in [1.82, 2.24) is 24.8 Å². The van der Waals surface area contributed by atoms with Gasteiger partial charge in [0, 0.05) is 31.4 Å². The van der Waals surface area contributed by atoms with Crippen LogP contribution in [0.4, 0.5) is 5.13 Å². The van der Waals surface area contributed by atoms with Crippen LogP contribution >= 0.6 is 22.9 Å². The van der Waals surface area contributed by atoms with E-state index in [0.717, 1.165) is 36.8 Å². The number of anilines is 1. The molecule has 32 heavy (non-hydrogen) atoms. The lowest BCUT2D eigenvalue weighted by Crippen LogP contribution is -2.47. The molecule has 0 spiro atoms. The molecule has 2 N–H and O–H groups in total. The number of aromatic amines is 1. The lowest BCUT2D eigenvalue weighted by Gasteiger charge is -2.37. The zero-order valence-electron chi connectivity index (χ0n) is 17.8. The maximum Gasteiger partial charge on any atom is 0.356 e. The molecule has 2 fully saturated rings. The minimum Gasteiger partial charge on any atom is -0.476 e. The molecule has 2 saturated heterocycles. The van der Waals surface area contributed by atoms with Gasteiger partial charge in [-0.25, -0.2) is 19.7 Å². The number of piperidine rings is 1. The van der Waals surface area contributed by atoms with E-state index in [9.17, 15) is 14.7 Å². The second-order valence-electron chi connectivity index (χ2n) is 8.32. The van der Waals surface area contributed by atoms with E-state index in [1.165, 1.54) is 11.3 Å². The van der Waals surface area contributed by atoms with Gasteiger partial charge in [0.1, 0.15) is 0 Å². The molecule has 2 aliphatic rings. The molecule has 5 heterocycles. The van der Waals surface area contributed by atoms with E-state index >= 15 is 0 Å². The predicted octanol–water partition coefficient (Wildman–Crippen LogP) is 3.38. The van der Waals surface area contributed by atoms with Crippen LogP contribution in [0.1, 0.15) is 52.3 Å². The van der Waals surface area contributed by atoms with E-state index < -0.39 is 5.97 Å². The van der Waals surface area contributed by atoms with Gasteiger partial charge in [0.15, 0.2) is 21.8 Å². The predicted molar refractivity (Wildman–Crippen MR) is 122 cm³/mol. The summed E-state index contributed by atoms with van der Waals surface area (Å²) in [5.41, 5.74) is 2.14. The first-order valence-electron chi connectivity index (χ1n) is 10.7. The number of thiazole rings is 1. The lowest BCUT2D eigenvalue weighted by molar-refractivity contribution is 0.0684. The number of nitrogens with zero attached hydrogens (tertiary/aromatic N) is 5. The van der Waals surface area contributed by atoms with Crippen LogP contribution in [-0.2, 0) is 6.42 Å². The van der Waals surface area contributed by atoms with Gasteiger partial charge in [0.2, 0.25) is 0 Å². The highest BCUT2D eigenvalue weighted by Crippen LogP contribution is 2.37. The number of imidazole rings is 1. The van der Waals surface area contributed by atoms with Crippen molar-refractivity contribution in [3.63, 3.8) is 0 Å². The Morgan fingerprint density at radius 3 is 2.81 bits per heavy atom. The molecule has 11 heteroatoms. The zero-order chi connectivity index (χ0) is 22.6. The maximum atomic E-state index is 13.1. The van der Waals surface area contributed by atoms with Crippen molar-refractivity contribution in [2.24, 2.45) is 5.92 Å². The molecule has 1 amide bonds. The van der Waals surface area contributed by atoms with Crippen LogP contribution in [0.2, 0.25) is 5.15 Å². The molecule has 168 valence electrons. The Morgan fingerprint density at radius 2 is 2.09 bits per heavy atom. The largest absolute Gasteiger partial charge is 0.476 e. The third-order valence-corrected chi connectivity index (χ3v) is 7.80. The minimum atomic E-state index is -1.04. The number of amides is 1. The van der Waals surface area contributed by atoms with E-state index in [2.05, 4.69) is 19.9 Å². The second-order valence-corrected chi connectivity index (χ2v) is 9.66. The topological polar surface area (TPSA) is 115 Å². The van der Waals surface area contributed by atoms with Crippen LogP contribution < -0.4 is 4.90 Å². The Balaban J connectivity index is 1.34. The Kier molecular flexibility index (Phi) is 5.29. The quantitative estimate of drug-likeness (QED) is 0.595. The van der Waals surface area contributed by atoms with E-state index in [1.54, 1.807) is 6.92 Å². The molecule has 0 aliphatic carbocycles. The van der Waals surface area contributed by atoms with E-state index in [1.807, 2.05) is 17.9 Å². The molecule has 3 aromatic heterocycles. The molecule has 9 nitrogen and oxygen atoms in total. The average molecular weight is 475 g/mol. The maximum absolute atomic E-state index is 13.1. The fraction of sp³-hybridized carbons (Fsp3) is 0.476. The fourth-order valence-electron chi connectivity index (χ4n) is 4.80. The summed E-state index contributed by atoms with van der Waals surface area (Å²) in [7, 11) is 0. The van der Waals surface area contributed by atoms with Gasteiger partial charge < -0.3 is 19.9 Å². The molecule has 2 aliphatic heterocycles. The van der Waals surface area contributed by atoms with Crippen molar-refractivity contribution >= 4 is 50.2 Å². The summed E-state index contributed by atoms with van der Waals surface area (Å²) in [6.07, 6.45) is 2.43. The fourth-order valence-corrected chi connectivity index (χ4v) is 6.12. The number of pyridine rings is 1. The number of rotatable bonds is 4. The lowest BCUT2D eigenvalue weighted by atomic mass is 9.93. The summed E-state index contributed by atoms with van der Waals surface area (Å²) in [6, 6.07) is 1.98. The van der Waals surface area contributed by atoms with Gasteiger partial charge >= 0.3 is 5.97 Å². The summed E-state index contributed by atoms with van der Waals surface area (Å²) >= 11 is 7.50. The molecule has 0 radical (unpaired) electrons. The molecule has 5 rings (SSSR count). The summed E-state index contributed by atoms with van der Waals surface area (Å²) in [6.45, 7) is 5.96. The van der Waals surface area contributed by atoms with Crippen LogP contribution in [0.5, 0.6) is 0 Å². The van der Waals surface area contributed by atoms with Crippen molar-refractivity contribution in [2.75, 3.05) is 24.5 Å². The minimum absolute atomic E-state index is 0.0554. The zero-order valence-corrected chi connectivity index (χ0v) is 19.3. The molecule has 1 unspecified atom stereocenters. The number of aromatic carboxylic acids is 1. The summed E-state index contributed by atoms with van der Waals surface area (Å²) in [5.74, 6) is -0.498. The molecule has 0 bridgehead atoms. The van der Waals surface area contributed by atoms with Gasteiger partial charge in [-0.1, -0.05) is 29.9 Å². The Bertz CT molecular complexity index is 1220. The van der Waals surface area contributed by atoms with Gasteiger partial charge in [-0.15, -0.1) is 0 Å². The van der Waals surface area contributed by atoms with Crippen molar-refractivity contribution in [2.45, 2.75) is 39.2 Å². The smallest absolute Gasteiger partial charge is 0.356 e. The number of aromatic nitrogens is 4. The first kappa shape index (κ1) is 21.1. The summed E-state index contributed by atoms with van der Waals surface area (Å²) < 4.78 is 0.602. The van der Waals surface area contributed by atoms with Crippen LogP contribution in [-0.4, -0.2) is 67.5 Å².